The van der Waals surface area contributed by atoms with Gasteiger partial charge in [0.15, 0.2) is 0 Å². The Morgan fingerprint density at radius 2 is 1.36 bits per heavy atom. The molecule has 0 aromatic heterocycles. The molecule has 128 valence electrons. The van der Waals surface area contributed by atoms with Gasteiger partial charge in [-0.1, -0.05) is 66.7 Å². The van der Waals surface area contributed by atoms with Crippen LogP contribution in [0.2, 0.25) is 0 Å². The molecule has 0 amide bonds. The second-order valence-electron chi connectivity index (χ2n) is 6.27. The maximum Gasteiger partial charge on any atom is 0.119 e. The summed E-state index contributed by atoms with van der Waals surface area (Å²) in [5.41, 5.74) is 8.47. The Hall–Kier alpha value is -2.62. The fourth-order valence-electron chi connectivity index (χ4n) is 2.74. The van der Waals surface area contributed by atoms with Crippen LogP contribution in [0.3, 0.4) is 0 Å². The lowest BCUT2D eigenvalue weighted by Gasteiger charge is -2.24. The summed E-state index contributed by atoms with van der Waals surface area (Å²) in [6, 6.07) is 25.3. The Labute approximate surface area is 148 Å². The standard InChI is InChI=1S/C22H23NO2/c1-22(24,19-5-3-2-4-6-19)20-11-13-21(14-12-20)25-16-18-9-7-17(15-23)8-10-18/h2-14,24H,15-16,23H2,1H3. The first-order valence-electron chi connectivity index (χ1n) is 8.39. The van der Waals surface area contributed by atoms with Crippen molar-refractivity contribution in [2.45, 2.75) is 25.7 Å². The summed E-state index contributed by atoms with van der Waals surface area (Å²) in [5.74, 6) is 0.774. The van der Waals surface area contributed by atoms with Crippen molar-refractivity contribution in [2.24, 2.45) is 5.73 Å². The molecule has 3 heteroatoms. The average Bonchev–Trinajstić information content (AvgIpc) is 2.68. The quantitative estimate of drug-likeness (QED) is 0.717. The average molecular weight is 333 g/mol. The minimum atomic E-state index is -1.03. The summed E-state index contributed by atoms with van der Waals surface area (Å²) in [4.78, 5) is 0. The lowest BCUT2D eigenvalue weighted by atomic mass is 9.88. The van der Waals surface area contributed by atoms with E-state index in [0.29, 0.717) is 13.2 Å². The van der Waals surface area contributed by atoms with Crippen LogP contribution in [-0.2, 0) is 18.8 Å². The Kier molecular flexibility index (Phi) is 5.17. The van der Waals surface area contributed by atoms with Gasteiger partial charge in [0.2, 0.25) is 0 Å². The first-order valence-corrected chi connectivity index (χ1v) is 8.39. The molecule has 0 spiro atoms. The van der Waals surface area contributed by atoms with E-state index in [9.17, 15) is 5.11 Å². The van der Waals surface area contributed by atoms with Crippen molar-refractivity contribution in [2.75, 3.05) is 0 Å². The van der Waals surface area contributed by atoms with E-state index in [4.69, 9.17) is 10.5 Å². The van der Waals surface area contributed by atoms with Crippen LogP contribution in [-0.4, -0.2) is 5.11 Å². The smallest absolute Gasteiger partial charge is 0.119 e. The molecule has 3 aromatic carbocycles. The third kappa shape index (κ3) is 4.08. The number of benzene rings is 3. The van der Waals surface area contributed by atoms with E-state index in [2.05, 4.69) is 0 Å². The van der Waals surface area contributed by atoms with Crippen LogP contribution in [0.15, 0.2) is 78.9 Å². The summed E-state index contributed by atoms with van der Waals surface area (Å²) < 4.78 is 5.83. The third-order valence-electron chi connectivity index (χ3n) is 4.42. The van der Waals surface area contributed by atoms with Crippen LogP contribution in [0.25, 0.3) is 0 Å². The predicted molar refractivity (Wildman–Crippen MR) is 100 cm³/mol. The molecule has 0 aliphatic carbocycles. The molecular formula is C22H23NO2. The van der Waals surface area contributed by atoms with E-state index in [1.807, 2.05) is 78.9 Å². The molecule has 0 heterocycles. The number of aliphatic hydroxyl groups is 1. The molecule has 0 fully saturated rings. The molecule has 0 saturated heterocycles. The number of hydrogen-bond acceptors (Lipinski definition) is 3. The molecule has 0 bridgehead atoms. The molecule has 3 N–H and O–H groups in total. The fourth-order valence-corrected chi connectivity index (χ4v) is 2.74. The van der Waals surface area contributed by atoms with Gasteiger partial charge in [0.05, 0.1) is 0 Å². The molecule has 25 heavy (non-hydrogen) atoms. The van der Waals surface area contributed by atoms with Crippen molar-refractivity contribution in [1.29, 1.82) is 0 Å². The summed E-state index contributed by atoms with van der Waals surface area (Å²) in [6.45, 7) is 2.85. The fraction of sp³-hybridized carbons (Fsp3) is 0.182. The van der Waals surface area contributed by atoms with Gasteiger partial charge in [-0.2, -0.15) is 0 Å². The highest BCUT2D eigenvalue weighted by molar-refractivity contribution is 5.38. The second-order valence-corrected chi connectivity index (χ2v) is 6.27. The summed E-state index contributed by atoms with van der Waals surface area (Å²) in [6.07, 6.45) is 0. The number of rotatable bonds is 6. The highest BCUT2D eigenvalue weighted by Crippen LogP contribution is 2.30. The highest BCUT2D eigenvalue weighted by Gasteiger charge is 2.25. The third-order valence-corrected chi connectivity index (χ3v) is 4.42. The molecule has 3 rings (SSSR count). The Balaban J connectivity index is 1.67. The topological polar surface area (TPSA) is 55.5 Å². The molecule has 0 aliphatic rings. The first kappa shape index (κ1) is 17.2. The maximum absolute atomic E-state index is 10.9. The van der Waals surface area contributed by atoms with Crippen LogP contribution < -0.4 is 10.5 Å². The number of nitrogens with two attached hydrogens (primary N) is 1. The summed E-state index contributed by atoms with van der Waals surface area (Å²) >= 11 is 0. The van der Waals surface area contributed by atoms with Gasteiger partial charge in [0.1, 0.15) is 18.0 Å². The molecule has 1 unspecified atom stereocenters. The summed E-state index contributed by atoms with van der Waals surface area (Å²) in [5, 5.41) is 10.9. The van der Waals surface area contributed by atoms with Crippen LogP contribution in [0, 0.1) is 0 Å². The van der Waals surface area contributed by atoms with Crippen molar-refractivity contribution in [3.63, 3.8) is 0 Å². The summed E-state index contributed by atoms with van der Waals surface area (Å²) in [7, 11) is 0. The minimum Gasteiger partial charge on any atom is -0.489 e. The second kappa shape index (κ2) is 7.51. The van der Waals surface area contributed by atoms with Crippen LogP contribution in [0.5, 0.6) is 5.75 Å². The van der Waals surface area contributed by atoms with Gasteiger partial charge >= 0.3 is 0 Å². The lowest BCUT2D eigenvalue weighted by Crippen LogP contribution is -2.22. The van der Waals surface area contributed by atoms with Crippen LogP contribution >= 0.6 is 0 Å². The van der Waals surface area contributed by atoms with Crippen molar-refractivity contribution in [1.82, 2.24) is 0 Å². The lowest BCUT2D eigenvalue weighted by molar-refractivity contribution is 0.102. The monoisotopic (exact) mass is 333 g/mol. The van der Waals surface area contributed by atoms with Crippen molar-refractivity contribution in [3.05, 3.63) is 101 Å². The first-order chi connectivity index (χ1) is 12.1. The zero-order valence-corrected chi connectivity index (χ0v) is 14.4. The van der Waals surface area contributed by atoms with Gasteiger partial charge in [-0.3, -0.25) is 0 Å². The van der Waals surface area contributed by atoms with Crippen LogP contribution in [0.4, 0.5) is 0 Å². The number of ether oxygens (including phenoxy) is 1. The molecule has 0 radical (unpaired) electrons. The van der Waals surface area contributed by atoms with Gasteiger partial charge < -0.3 is 15.6 Å². The highest BCUT2D eigenvalue weighted by atomic mass is 16.5. The molecular weight excluding hydrogens is 310 g/mol. The van der Waals surface area contributed by atoms with Crippen LogP contribution in [0.1, 0.15) is 29.2 Å². The van der Waals surface area contributed by atoms with E-state index in [1.54, 1.807) is 6.92 Å². The minimum absolute atomic E-state index is 0.499. The Morgan fingerprint density at radius 3 is 1.96 bits per heavy atom. The van der Waals surface area contributed by atoms with Gasteiger partial charge in [-0.05, 0) is 41.3 Å². The molecule has 0 saturated carbocycles. The Bertz CT molecular complexity index is 794. The zero-order valence-electron chi connectivity index (χ0n) is 14.4. The van der Waals surface area contributed by atoms with Crippen molar-refractivity contribution < 1.29 is 9.84 Å². The normalized spacial score (nSPS) is 13.2. The predicted octanol–water partition coefficient (Wildman–Crippen LogP) is 3.98. The molecule has 0 aliphatic heterocycles. The molecule has 1 atom stereocenters. The number of hydrogen-bond donors (Lipinski definition) is 2. The van der Waals surface area contributed by atoms with Crippen molar-refractivity contribution in [3.8, 4) is 5.75 Å². The maximum atomic E-state index is 10.9. The molecule has 3 nitrogen and oxygen atoms in total. The van der Waals surface area contributed by atoms with E-state index >= 15 is 0 Å². The Morgan fingerprint density at radius 1 is 0.800 bits per heavy atom. The van der Waals surface area contributed by atoms with Gasteiger partial charge in [-0.15, -0.1) is 0 Å². The SMILES string of the molecule is CC(O)(c1ccccc1)c1ccc(OCc2ccc(CN)cc2)cc1. The zero-order chi connectivity index (χ0) is 17.7. The van der Waals surface area contributed by atoms with Crippen molar-refractivity contribution >= 4 is 0 Å². The van der Waals surface area contributed by atoms with E-state index in [0.717, 1.165) is 28.0 Å². The van der Waals surface area contributed by atoms with Gasteiger partial charge in [-0.25, -0.2) is 0 Å². The van der Waals surface area contributed by atoms with Gasteiger partial charge in [0, 0.05) is 6.54 Å². The van der Waals surface area contributed by atoms with E-state index in [1.165, 1.54) is 0 Å². The van der Waals surface area contributed by atoms with E-state index in [-0.39, 0.29) is 0 Å². The largest absolute Gasteiger partial charge is 0.489 e. The molecule has 3 aromatic rings. The van der Waals surface area contributed by atoms with Gasteiger partial charge in [0.25, 0.3) is 0 Å². The van der Waals surface area contributed by atoms with E-state index < -0.39 is 5.60 Å².